The van der Waals surface area contributed by atoms with E-state index < -0.39 is 0 Å². The minimum absolute atomic E-state index is 0.0805. The minimum Gasteiger partial charge on any atom is -0.444 e. The number of rotatable bonds is 3. The molecule has 0 bridgehead atoms. The number of ether oxygens (including phenoxy) is 1. The van der Waals surface area contributed by atoms with Crippen LogP contribution in [0.4, 0.5) is 4.79 Å². The first-order chi connectivity index (χ1) is 5.81. The van der Waals surface area contributed by atoms with E-state index in [9.17, 15) is 4.79 Å². The Morgan fingerprint density at radius 3 is 2.92 bits per heavy atom. The topological polar surface area (TPSA) is 49.8 Å². The molecule has 1 saturated heterocycles. The first kappa shape index (κ1) is 7.86. The Bertz CT molecular complexity index is 191. The SMILES string of the molecule is O=C1OC(CCO)CN1C1CC1. The molecule has 1 atom stereocenters. The number of aliphatic hydroxyl groups is 1. The van der Waals surface area contributed by atoms with Crippen LogP contribution in [0, 0.1) is 0 Å². The quantitative estimate of drug-likeness (QED) is 0.666. The Kier molecular flexibility index (Phi) is 1.92. The summed E-state index contributed by atoms with van der Waals surface area (Å²) >= 11 is 0. The van der Waals surface area contributed by atoms with E-state index >= 15 is 0 Å². The van der Waals surface area contributed by atoms with Crippen LogP contribution in [0.2, 0.25) is 0 Å². The Balaban J connectivity index is 1.88. The highest BCUT2D eigenvalue weighted by Crippen LogP contribution is 2.30. The van der Waals surface area contributed by atoms with Gasteiger partial charge in [0.1, 0.15) is 6.10 Å². The van der Waals surface area contributed by atoms with Crippen LogP contribution in [0.3, 0.4) is 0 Å². The average molecular weight is 171 g/mol. The molecule has 1 saturated carbocycles. The molecule has 1 unspecified atom stereocenters. The van der Waals surface area contributed by atoms with Gasteiger partial charge in [-0.2, -0.15) is 0 Å². The highest BCUT2D eigenvalue weighted by Gasteiger charge is 2.40. The molecule has 1 aliphatic carbocycles. The van der Waals surface area contributed by atoms with Crippen LogP contribution in [-0.2, 0) is 4.74 Å². The van der Waals surface area contributed by atoms with Gasteiger partial charge >= 0.3 is 6.09 Å². The molecule has 4 heteroatoms. The molecule has 0 aromatic rings. The van der Waals surface area contributed by atoms with Crippen molar-refractivity contribution in [3.8, 4) is 0 Å². The second kappa shape index (κ2) is 2.94. The number of hydrogen-bond acceptors (Lipinski definition) is 3. The largest absolute Gasteiger partial charge is 0.444 e. The maximum atomic E-state index is 11.2. The van der Waals surface area contributed by atoms with E-state index in [4.69, 9.17) is 9.84 Å². The smallest absolute Gasteiger partial charge is 0.410 e. The zero-order chi connectivity index (χ0) is 8.55. The van der Waals surface area contributed by atoms with Gasteiger partial charge in [0.25, 0.3) is 0 Å². The van der Waals surface area contributed by atoms with Crippen LogP contribution in [0.15, 0.2) is 0 Å². The summed E-state index contributed by atoms with van der Waals surface area (Å²) in [5.74, 6) is 0. The highest BCUT2D eigenvalue weighted by atomic mass is 16.6. The maximum Gasteiger partial charge on any atom is 0.410 e. The van der Waals surface area contributed by atoms with E-state index in [1.807, 2.05) is 0 Å². The first-order valence-electron chi connectivity index (χ1n) is 4.39. The molecule has 0 aromatic heterocycles. The molecule has 12 heavy (non-hydrogen) atoms. The van der Waals surface area contributed by atoms with Crippen molar-refractivity contribution in [1.29, 1.82) is 0 Å². The maximum absolute atomic E-state index is 11.2. The van der Waals surface area contributed by atoms with Crippen molar-refractivity contribution in [1.82, 2.24) is 4.90 Å². The molecule has 1 amide bonds. The van der Waals surface area contributed by atoms with E-state index in [0.29, 0.717) is 19.0 Å². The van der Waals surface area contributed by atoms with Gasteiger partial charge < -0.3 is 14.7 Å². The summed E-state index contributed by atoms with van der Waals surface area (Å²) < 4.78 is 5.04. The Hall–Kier alpha value is -0.770. The van der Waals surface area contributed by atoms with Gasteiger partial charge in [0.05, 0.1) is 6.54 Å². The molecule has 0 spiro atoms. The molecular weight excluding hydrogens is 158 g/mol. The molecule has 1 heterocycles. The van der Waals surface area contributed by atoms with E-state index in [-0.39, 0.29) is 18.8 Å². The number of carbonyl (C=O) groups excluding carboxylic acids is 1. The molecule has 4 nitrogen and oxygen atoms in total. The summed E-state index contributed by atoms with van der Waals surface area (Å²) in [7, 11) is 0. The monoisotopic (exact) mass is 171 g/mol. The molecule has 2 fully saturated rings. The fraction of sp³-hybridized carbons (Fsp3) is 0.875. The van der Waals surface area contributed by atoms with E-state index in [2.05, 4.69) is 0 Å². The van der Waals surface area contributed by atoms with Crippen molar-refractivity contribution in [2.75, 3.05) is 13.2 Å². The summed E-state index contributed by atoms with van der Waals surface area (Å²) in [5.41, 5.74) is 0. The number of nitrogens with zero attached hydrogens (tertiary/aromatic N) is 1. The third-order valence-electron chi connectivity index (χ3n) is 2.34. The normalized spacial score (nSPS) is 29.2. The van der Waals surface area contributed by atoms with Gasteiger partial charge in [-0.1, -0.05) is 0 Å². The van der Waals surface area contributed by atoms with Gasteiger partial charge in [-0.25, -0.2) is 4.79 Å². The molecule has 68 valence electrons. The predicted octanol–water partition coefficient (Wildman–Crippen LogP) is 0.352. The molecule has 1 aliphatic heterocycles. The Morgan fingerprint density at radius 2 is 2.33 bits per heavy atom. The summed E-state index contributed by atoms with van der Waals surface area (Å²) in [5, 5.41) is 8.64. The van der Waals surface area contributed by atoms with Crippen molar-refractivity contribution < 1.29 is 14.6 Å². The number of aliphatic hydroxyl groups excluding tert-OH is 1. The van der Waals surface area contributed by atoms with E-state index in [1.54, 1.807) is 4.90 Å². The highest BCUT2D eigenvalue weighted by molar-refractivity contribution is 5.70. The number of hydrogen-bond donors (Lipinski definition) is 1. The molecule has 0 aromatic carbocycles. The number of carbonyl (C=O) groups is 1. The lowest BCUT2D eigenvalue weighted by atomic mass is 10.2. The van der Waals surface area contributed by atoms with Gasteiger partial charge in [0, 0.05) is 19.1 Å². The van der Waals surface area contributed by atoms with Gasteiger partial charge in [0.2, 0.25) is 0 Å². The zero-order valence-corrected chi connectivity index (χ0v) is 6.90. The second-order valence-corrected chi connectivity index (χ2v) is 3.40. The van der Waals surface area contributed by atoms with Crippen molar-refractivity contribution in [2.24, 2.45) is 0 Å². The number of cyclic esters (lactones) is 1. The fourth-order valence-electron chi connectivity index (χ4n) is 1.52. The standard InChI is InChI=1S/C8H13NO3/c10-4-3-7-5-9(6-1-2-6)8(11)12-7/h6-7,10H,1-5H2. The molecule has 2 rings (SSSR count). The molecule has 0 radical (unpaired) electrons. The molecule has 2 aliphatic rings. The predicted molar refractivity (Wildman–Crippen MR) is 41.7 cm³/mol. The van der Waals surface area contributed by atoms with Gasteiger partial charge in [-0.15, -0.1) is 0 Å². The van der Waals surface area contributed by atoms with Crippen LogP contribution >= 0.6 is 0 Å². The van der Waals surface area contributed by atoms with Crippen LogP contribution in [-0.4, -0.2) is 41.4 Å². The Morgan fingerprint density at radius 1 is 1.58 bits per heavy atom. The van der Waals surface area contributed by atoms with Crippen LogP contribution < -0.4 is 0 Å². The summed E-state index contributed by atoms with van der Waals surface area (Å²) in [6.45, 7) is 0.764. The van der Waals surface area contributed by atoms with Crippen LogP contribution in [0.1, 0.15) is 19.3 Å². The lowest BCUT2D eigenvalue weighted by Crippen LogP contribution is -2.27. The van der Waals surface area contributed by atoms with Gasteiger partial charge in [-0.3, -0.25) is 0 Å². The third kappa shape index (κ3) is 1.39. The average Bonchev–Trinajstić information content (AvgIpc) is 2.79. The van der Waals surface area contributed by atoms with Gasteiger partial charge in [0.15, 0.2) is 0 Å². The van der Waals surface area contributed by atoms with Crippen LogP contribution in [0.5, 0.6) is 0 Å². The molecule has 1 N–H and O–H groups in total. The lowest BCUT2D eigenvalue weighted by molar-refractivity contribution is 0.117. The van der Waals surface area contributed by atoms with Crippen molar-refractivity contribution in [3.05, 3.63) is 0 Å². The van der Waals surface area contributed by atoms with Crippen molar-refractivity contribution in [2.45, 2.75) is 31.4 Å². The second-order valence-electron chi connectivity index (χ2n) is 3.40. The van der Waals surface area contributed by atoms with E-state index in [1.165, 1.54) is 0 Å². The van der Waals surface area contributed by atoms with Crippen LogP contribution in [0.25, 0.3) is 0 Å². The van der Waals surface area contributed by atoms with Crippen molar-refractivity contribution in [3.63, 3.8) is 0 Å². The fourth-order valence-corrected chi connectivity index (χ4v) is 1.52. The molecular formula is C8H13NO3. The summed E-state index contributed by atoms with van der Waals surface area (Å²) in [6, 6.07) is 0.432. The third-order valence-corrected chi connectivity index (χ3v) is 2.34. The van der Waals surface area contributed by atoms with E-state index in [0.717, 1.165) is 12.8 Å². The lowest BCUT2D eigenvalue weighted by Gasteiger charge is -2.09. The Labute approximate surface area is 71.1 Å². The van der Waals surface area contributed by atoms with Gasteiger partial charge in [-0.05, 0) is 12.8 Å². The minimum atomic E-state index is -0.198. The number of amides is 1. The summed E-state index contributed by atoms with van der Waals surface area (Å²) in [4.78, 5) is 12.9. The zero-order valence-electron chi connectivity index (χ0n) is 6.90. The van der Waals surface area contributed by atoms with Crippen molar-refractivity contribution >= 4 is 6.09 Å². The first-order valence-corrected chi connectivity index (χ1v) is 4.39. The summed E-state index contributed by atoms with van der Waals surface area (Å²) in [6.07, 6.45) is 2.51.